The fourth-order valence-corrected chi connectivity index (χ4v) is 2.83. The van der Waals surface area contributed by atoms with Gasteiger partial charge in [-0.05, 0) is 26.3 Å². The van der Waals surface area contributed by atoms with Crippen molar-refractivity contribution in [2.45, 2.75) is 31.3 Å². The Hall–Kier alpha value is -1.61. The Bertz CT molecular complexity index is 390. The molecule has 2 fully saturated rings. The Labute approximate surface area is 107 Å². The number of rotatable bonds is 1. The molecule has 0 aromatic rings. The summed E-state index contributed by atoms with van der Waals surface area (Å²) in [7, 11) is 2.09. The number of amides is 2. The van der Waals surface area contributed by atoms with E-state index >= 15 is 0 Å². The molecule has 2 unspecified atom stereocenters. The summed E-state index contributed by atoms with van der Waals surface area (Å²) >= 11 is 0. The lowest BCUT2D eigenvalue weighted by Gasteiger charge is -2.25. The fourth-order valence-electron chi connectivity index (χ4n) is 2.83. The number of nitriles is 1. The van der Waals surface area contributed by atoms with Crippen LogP contribution < -0.4 is 5.32 Å². The molecule has 0 aromatic carbocycles. The first kappa shape index (κ1) is 12.8. The van der Waals surface area contributed by atoms with Crippen molar-refractivity contribution in [2.75, 3.05) is 26.7 Å². The summed E-state index contributed by atoms with van der Waals surface area (Å²) in [6, 6.07) is 2.69. The van der Waals surface area contributed by atoms with Gasteiger partial charge in [-0.1, -0.05) is 0 Å². The third kappa shape index (κ3) is 2.46. The third-order valence-corrected chi connectivity index (χ3v) is 3.96. The highest BCUT2D eigenvalue weighted by Crippen LogP contribution is 2.28. The van der Waals surface area contributed by atoms with Gasteiger partial charge in [-0.25, -0.2) is 0 Å². The highest BCUT2D eigenvalue weighted by atomic mass is 16.2. The summed E-state index contributed by atoms with van der Waals surface area (Å²) in [5, 5.41) is 10.7. The fraction of sp³-hybridized carbons (Fsp3) is 0.750. The van der Waals surface area contributed by atoms with Crippen LogP contribution in [0.3, 0.4) is 0 Å². The summed E-state index contributed by atoms with van der Waals surface area (Å²) < 4.78 is 0. The molecule has 0 spiro atoms. The second kappa shape index (κ2) is 5.36. The van der Waals surface area contributed by atoms with Crippen LogP contribution in [-0.2, 0) is 9.59 Å². The first-order valence-electron chi connectivity index (χ1n) is 6.29. The predicted octanol–water partition coefficient (Wildman–Crippen LogP) is -0.679. The van der Waals surface area contributed by atoms with E-state index in [9.17, 15) is 9.59 Å². The highest BCUT2D eigenvalue weighted by molar-refractivity contribution is 6.35. The summed E-state index contributed by atoms with van der Waals surface area (Å²) in [4.78, 5) is 27.4. The molecule has 2 rings (SSSR count). The monoisotopic (exact) mass is 250 g/mol. The number of carbonyl (C=O) groups is 2. The van der Waals surface area contributed by atoms with Crippen molar-refractivity contribution in [3.63, 3.8) is 0 Å². The van der Waals surface area contributed by atoms with Crippen LogP contribution in [0.15, 0.2) is 0 Å². The zero-order valence-corrected chi connectivity index (χ0v) is 10.6. The van der Waals surface area contributed by atoms with Gasteiger partial charge in [-0.2, -0.15) is 5.26 Å². The van der Waals surface area contributed by atoms with E-state index < -0.39 is 11.8 Å². The molecule has 0 radical (unpaired) electrons. The van der Waals surface area contributed by atoms with E-state index in [1.807, 2.05) is 0 Å². The van der Waals surface area contributed by atoms with Crippen molar-refractivity contribution in [1.29, 1.82) is 5.26 Å². The lowest BCUT2D eigenvalue weighted by atomic mass is 10.1. The van der Waals surface area contributed by atoms with Gasteiger partial charge in [0.1, 0.15) is 6.54 Å². The molecular weight excluding hydrogens is 232 g/mol. The molecule has 2 aliphatic heterocycles. The Balaban J connectivity index is 1.96. The average molecular weight is 250 g/mol. The molecule has 6 nitrogen and oxygen atoms in total. The van der Waals surface area contributed by atoms with E-state index in [-0.39, 0.29) is 6.54 Å². The molecule has 2 bridgehead atoms. The van der Waals surface area contributed by atoms with Crippen LogP contribution in [0.5, 0.6) is 0 Å². The number of hydrogen-bond donors (Lipinski definition) is 1. The number of likely N-dealkylation sites (N-methyl/N-ethyl adjacent to an activating group) is 1. The van der Waals surface area contributed by atoms with Crippen LogP contribution in [0, 0.1) is 11.3 Å². The number of hydrogen-bond acceptors (Lipinski definition) is 4. The number of fused-ring (bicyclic) bond motifs is 2. The normalized spacial score (nSPS) is 27.4. The van der Waals surface area contributed by atoms with Crippen molar-refractivity contribution in [1.82, 2.24) is 15.1 Å². The second-order valence-corrected chi connectivity index (χ2v) is 4.93. The maximum atomic E-state index is 11.9. The molecule has 2 atom stereocenters. The van der Waals surface area contributed by atoms with Gasteiger partial charge in [-0.15, -0.1) is 0 Å². The maximum Gasteiger partial charge on any atom is 0.311 e. The minimum absolute atomic E-state index is 0.121. The lowest BCUT2D eigenvalue weighted by Crippen LogP contribution is -2.46. The smallest absolute Gasteiger partial charge is 0.311 e. The summed E-state index contributed by atoms with van der Waals surface area (Å²) in [5.74, 6) is -1.18. The Morgan fingerprint density at radius 2 is 2.06 bits per heavy atom. The molecule has 0 aliphatic carbocycles. The quantitative estimate of drug-likeness (QED) is 0.494. The first-order valence-corrected chi connectivity index (χ1v) is 6.29. The van der Waals surface area contributed by atoms with E-state index in [0.29, 0.717) is 25.2 Å². The molecule has 1 N–H and O–H groups in total. The van der Waals surface area contributed by atoms with E-state index in [1.165, 1.54) is 6.42 Å². The van der Waals surface area contributed by atoms with Gasteiger partial charge in [0.15, 0.2) is 0 Å². The third-order valence-electron chi connectivity index (χ3n) is 3.96. The van der Waals surface area contributed by atoms with Gasteiger partial charge in [0.05, 0.1) is 6.07 Å². The van der Waals surface area contributed by atoms with Crippen molar-refractivity contribution in [2.24, 2.45) is 0 Å². The minimum atomic E-state index is -0.669. The molecule has 98 valence electrons. The largest absolute Gasteiger partial charge is 0.335 e. The van der Waals surface area contributed by atoms with Crippen molar-refractivity contribution in [3.8, 4) is 6.07 Å². The highest BCUT2D eigenvalue weighted by Gasteiger charge is 2.37. The molecule has 2 amide bonds. The Kier molecular flexibility index (Phi) is 3.82. The maximum absolute atomic E-state index is 11.9. The zero-order valence-electron chi connectivity index (χ0n) is 10.6. The van der Waals surface area contributed by atoms with Gasteiger partial charge in [0, 0.05) is 25.2 Å². The summed E-state index contributed by atoms with van der Waals surface area (Å²) in [6.07, 6.45) is 3.19. The molecule has 0 saturated carbocycles. The first-order chi connectivity index (χ1) is 8.63. The predicted molar refractivity (Wildman–Crippen MR) is 64.4 cm³/mol. The number of likely N-dealkylation sites (tertiary alicyclic amines) is 1. The molecular formula is C12H18N4O2. The van der Waals surface area contributed by atoms with Crippen LogP contribution in [0.4, 0.5) is 0 Å². The van der Waals surface area contributed by atoms with Crippen molar-refractivity contribution >= 4 is 11.8 Å². The van der Waals surface area contributed by atoms with Crippen LogP contribution >= 0.6 is 0 Å². The molecule has 18 heavy (non-hydrogen) atoms. The zero-order chi connectivity index (χ0) is 13.1. The molecule has 2 aliphatic rings. The average Bonchev–Trinajstić information content (AvgIpc) is 2.59. The van der Waals surface area contributed by atoms with Crippen molar-refractivity contribution in [3.05, 3.63) is 0 Å². The van der Waals surface area contributed by atoms with Crippen LogP contribution in [-0.4, -0.2) is 60.4 Å². The molecule has 2 heterocycles. The van der Waals surface area contributed by atoms with Crippen LogP contribution in [0.25, 0.3) is 0 Å². The molecule has 0 aromatic heterocycles. The van der Waals surface area contributed by atoms with Gasteiger partial charge in [-0.3, -0.25) is 14.5 Å². The summed E-state index contributed by atoms with van der Waals surface area (Å²) in [6.45, 7) is 1.13. The standard InChI is InChI=1S/C12H18N4O2/c1-15-9-2-3-10(15)8-16(7-4-9)12(18)11(17)14-6-5-13/h9-10H,2-4,6-8H2,1H3,(H,14,17). The Morgan fingerprint density at radius 1 is 1.33 bits per heavy atom. The molecule has 6 heteroatoms. The second-order valence-electron chi connectivity index (χ2n) is 4.93. The van der Waals surface area contributed by atoms with Gasteiger partial charge < -0.3 is 10.2 Å². The lowest BCUT2D eigenvalue weighted by molar-refractivity contribution is -0.145. The Morgan fingerprint density at radius 3 is 2.78 bits per heavy atom. The summed E-state index contributed by atoms with van der Waals surface area (Å²) in [5.41, 5.74) is 0. The van der Waals surface area contributed by atoms with Crippen LogP contribution in [0.1, 0.15) is 19.3 Å². The minimum Gasteiger partial charge on any atom is -0.335 e. The SMILES string of the molecule is CN1C2CCC1CN(C(=O)C(=O)NCC#N)CC2. The van der Waals surface area contributed by atoms with E-state index in [2.05, 4.69) is 17.3 Å². The topological polar surface area (TPSA) is 76.4 Å². The number of nitrogens with one attached hydrogen (secondary N) is 1. The van der Waals surface area contributed by atoms with Gasteiger partial charge in [0.25, 0.3) is 0 Å². The van der Waals surface area contributed by atoms with Crippen molar-refractivity contribution < 1.29 is 9.59 Å². The van der Waals surface area contributed by atoms with Gasteiger partial charge >= 0.3 is 11.8 Å². The van der Waals surface area contributed by atoms with E-state index in [1.54, 1.807) is 11.0 Å². The molecule has 2 saturated heterocycles. The van der Waals surface area contributed by atoms with E-state index in [0.717, 1.165) is 12.8 Å². The van der Waals surface area contributed by atoms with Crippen LogP contribution in [0.2, 0.25) is 0 Å². The van der Waals surface area contributed by atoms with E-state index in [4.69, 9.17) is 5.26 Å². The number of nitrogens with zero attached hydrogens (tertiary/aromatic N) is 3. The van der Waals surface area contributed by atoms with Gasteiger partial charge in [0.2, 0.25) is 0 Å². The number of carbonyl (C=O) groups excluding carboxylic acids is 2.